The Morgan fingerprint density at radius 2 is 1.25 bits per heavy atom. The molecule has 0 atom stereocenters. The summed E-state index contributed by atoms with van der Waals surface area (Å²) in [7, 11) is 0. The average molecular weight is 268 g/mol. The highest BCUT2D eigenvalue weighted by Crippen LogP contribution is 2.21. The minimum atomic E-state index is 0.913. The Hall–Kier alpha value is -1.96. The highest BCUT2D eigenvalue weighted by atomic mass is 14.9. The Balaban J connectivity index is 1.86. The summed E-state index contributed by atoms with van der Waals surface area (Å²) in [5.74, 6) is 0. The lowest BCUT2D eigenvalue weighted by Crippen LogP contribution is -2.14. The van der Waals surface area contributed by atoms with Crippen LogP contribution in [-0.4, -0.2) is 13.1 Å². The van der Waals surface area contributed by atoms with Gasteiger partial charge in [0.25, 0.3) is 0 Å². The molecule has 2 heteroatoms. The van der Waals surface area contributed by atoms with Gasteiger partial charge in [-0.2, -0.15) is 0 Å². The van der Waals surface area contributed by atoms with E-state index in [0.717, 1.165) is 13.1 Å². The number of nitrogens with one attached hydrogen (secondary N) is 2. The van der Waals surface area contributed by atoms with Crippen LogP contribution in [0.1, 0.15) is 22.3 Å². The fourth-order valence-corrected chi connectivity index (χ4v) is 2.52. The molecule has 2 aromatic rings. The van der Waals surface area contributed by atoms with Crippen LogP contribution in [0.4, 0.5) is 11.4 Å². The number of anilines is 2. The monoisotopic (exact) mass is 268 g/mol. The molecule has 0 spiro atoms. The van der Waals surface area contributed by atoms with Gasteiger partial charge in [-0.15, -0.1) is 0 Å². The zero-order valence-electron chi connectivity index (χ0n) is 12.9. The van der Waals surface area contributed by atoms with Gasteiger partial charge in [0.15, 0.2) is 0 Å². The van der Waals surface area contributed by atoms with Crippen LogP contribution in [0.5, 0.6) is 0 Å². The van der Waals surface area contributed by atoms with Crippen LogP contribution in [0.25, 0.3) is 0 Å². The normalized spacial score (nSPS) is 10.4. The first-order valence-electron chi connectivity index (χ1n) is 7.18. The van der Waals surface area contributed by atoms with Crippen molar-refractivity contribution in [2.24, 2.45) is 0 Å². The summed E-state index contributed by atoms with van der Waals surface area (Å²) in [5.41, 5.74) is 7.69. The zero-order chi connectivity index (χ0) is 14.5. The molecule has 0 aliphatic rings. The van der Waals surface area contributed by atoms with Gasteiger partial charge in [-0.25, -0.2) is 0 Å². The molecule has 2 nitrogen and oxygen atoms in total. The summed E-state index contributed by atoms with van der Waals surface area (Å²) in [6, 6.07) is 13.0. The third kappa shape index (κ3) is 3.77. The van der Waals surface area contributed by atoms with Gasteiger partial charge in [-0.3, -0.25) is 0 Å². The van der Waals surface area contributed by atoms with E-state index in [1.165, 1.54) is 33.6 Å². The highest BCUT2D eigenvalue weighted by Gasteiger charge is 2.02. The van der Waals surface area contributed by atoms with E-state index in [-0.39, 0.29) is 0 Å². The molecule has 0 bridgehead atoms. The Bertz CT molecular complexity index is 547. The van der Waals surface area contributed by atoms with E-state index in [0.29, 0.717) is 0 Å². The Labute approximate surface area is 122 Å². The van der Waals surface area contributed by atoms with Crippen LogP contribution in [0.15, 0.2) is 36.4 Å². The lowest BCUT2D eigenvalue weighted by molar-refractivity contribution is 1.07. The summed E-state index contributed by atoms with van der Waals surface area (Å²) in [5, 5.41) is 6.96. The minimum absolute atomic E-state index is 0.913. The van der Waals surface area contributed by atoms with E-state index in [9.17, 15) is 0 Å². The van der Waals surface area contributed by atoms with E-state index < -0.39 is 0 Å². The first-order valence-corrected chi connectivity index (χ1v) is 7.18. The van der Waals surface area contributed by atoms with Crippen LogP contribution < -0.4 is 10.6 Å². The van der Waals surface area contributed by atoms with Gasteiger partial charge in [0.05, 0.1) is 0 Å². The largest absolute Gasteiger partial charge is 0.383 e. The Morgan fingerprint density at radius 3 is 1.85 bits per heavy atom. The van der Waals surface area contributed by atoms with Crippen molar-refractivity contribution in [1.29, 1.82) is 0 Å². The van der Waals surface area contributed by atoms with Gasteiger partial charge in [0.1, 0.15) is 0 Å². The van der Waals surface area contributed by atoms with Crippen molar-refractivity contribution < 1.29 is 0 Å². The summed E-state index contributed by atoms with van der Waals surface area (Å²) in [4.78, 5) is 0. The van der Waals surface area contributed by atoms with Crippen LogP contribution in [-0.2, 0) is 0 Å². The standard InChI is InChI=1S/C18H24N2/c1-13-5-7-17(8-6-13)19-9-10-20-18-15(3)11-14(2)12-16(18)4/h5-8,11-12,19-20H,9-10H2,1-4H3. The maximum atomic E-state index is 3.53. The number of rotatable bonds is 5. The Morgan fingerprint density at radius 1 is 0.700 bits per heavy atom. The highest BCUT2D eigenvalue weighted by molar-refractivity contribution is 5.58. The molecule has 0 aliphatic heterocycles. The SMILES string of the molecule is Cc1ccc(NCCNc2c(C)cc(C)cc2C)cc1. The molecule has 0 radical (unpaired) electrons. The molecule has 20 heavy (non-hydrogen) atoms. The predicted molar refractivity (Wildman–Crippen MR) is 88.8 cm³/mol. The first kappa shape index (κ1) is 14.4. The molecule has 0 heterocycles. The minimum Gasteiger partial charge on any atom is -0.383 e. The van der Waals surface area contributed by atoms with Crippen molar-refractivity contribution in [3.05, 3.63) is 58.7 Å². The van der Waals surface area contributed by atoms with Crippen molar-refractivity contribution in [3.63, 3.8) is 0 Å². The van der Waals surface area contributed by atoms with Crippen molar-refractivity contribution >= 4 is 11.4 Å². The molecule has 0 aromatic heterocycles. The van der Waals surface area contributed by atoms with Crippen LogP contribution >= 0.6 is 0 Å². The fraction of sp³-hybridized carbons (Fsp3) is 0.333. The van der Waals surface area contributed by atoms with Crippen molar-refractivity contribution in [1.82, 2.24) is 0 Å². The average Bonchev–Trinajstić information content (AvgIpc) is 2.39. The topological polar surface area (TPSA) is 24.1 Å². The number of aryl methyl sites for hydroxylation is 4. The van der Waals surface area contributed by atoms with E-state index in [2.05, 4.69) is 74.7 Å². The first-order chi connectivity index (χ1) is 9.56. The zero-order valence-corrected chi connectivity index (χ0v) is 12.9. The van der Waals surface area contributed by atoms with Gasteiger partial charge >= 0.3 is 0 Å². The molecule has 0 fully saturated rings. The van der Waals surface area contributed by atoms with Gasteiger partial charge in [-0.05, 0) is 51.0 Å². The maximum Gasteiger partial charge on any atom is 0.0400 e. The molecule has 2 aromatic carbocycles. The molecule has 2 N–H and O–H groups in total. The molecule has 106 valence electrons. The molecular weight excluding hydrogens is 244 g/mol. The predicted octanol–water partition coefficient (Wildman–Crippen LogP) is 4.44. The second-order valence-corrected chi connectivity index (χ2v) is 5.49. The number of hydrogen-bond acceptors (Lipinski definition) is 2. The van der Waals surface area contributed by atoms with Gasteiger partial charge in [0, 0.05) is 24.5 Å². The molecule has 0 saturated carbocycles. The molecule has 0 unspecified atom stereocenters. The maximum absolute atomic E-state index is 3.53. The molecule has 2 rings (SSSR count). The second-order valence-electron chi connectivity index (χ2n) is 5.49. The van der Waals surface area contributed by atoms with Crippen molar-refractivity contribution in [3.8, 4) is 0 Å². The number of benzene rings is 2. The summed E-state index contributed by atoms with van der Waals surface area (Å²) < 4.78 is 0. The van der Waals surface area contributed by atoms with E-state index in [1.807, 2.05) is 0 Å². The molecule has 0 aliphatic carbocycles. The van der Waals surface area contributed by atoms with Gasteiger partial charge in [-0.1, -0.05) is 35.4 Å². The third-order valence-corrected chi connectivity index (χ3v) is 3.48. The van der Waals surface area contributed by atoms with Crippen molar-refractivity contribution in [2.75, 3.05) is 23.7 Å². The van der Waals surface area contributed by atoms with E-state index in [4.69, 9.17) is 0 Å². The van der Waals surface area contributed by atoms with Crippen LogP contribution in [0.2, 0.25) is 0 Å². The van der Waals surface area contributed by atoms with Crippen molar-refractivity contribution in [2.45, 2.75) is 27.7 Å². The molecular formula is C18H24N2. The van der Waals surface area contributed by atoms with E-state index in [1.54, 1.807) is 0 Å². The lowest BCUT2D eigenvalue weighted by atomic mass is 10.1. The fourth-order valence-electron chi connectivity index (χ4n) is 2.52. The summed E-state index contributed by atoms with van der Waals surface area (Å²) in [6.07, 6.45) is 0. The third-order valence-electron chi connectivity index (χ3n) is 3.48. The van der Waals surface area contributed by atoms with E-state index >= 15 is 0 Å². The van der Waals surface area contributed by atoms with Gasteiger partial charge in [0.2, 0.25) is 0 Å². The smallest absolute Gasteiger partial charge is 0.0400 e. The summed E-state index contributed by atoms with van der Waals surface area (Å²) in [6.45, 7) is 10.4. The van der Waals surface area contributed by atoms with Crippen LogP contribution in [0.3, 0.4) is 0 Å². The van der Waals surface area contributed by atoms with Gasteiger partial charge < -0.3 is 10.6 Å². The number of hydrogen-bond donors (Lipinski definition) is 2. The quantitative estimate of drug-likeness (QED) is 0.783. The molecule has 0 amide bonds. The molecule has 0 saturated heterocycles. The summed E-state index contributed by atoms with van der Waals surface area (Å²) >= 11 is 0. The Kier molecular flexibility index (Phi) is 4.67. The second kappa shape index (κ2) is 6.47. The van der Waals surface area contributed by atoms with Crippen LogP contribution in [0, 0.1) is 27.7 Å². The lowest BCUT2D eigenvalue weighted by Gasteiger charge is -2.14.